The van der Waals surface area contributed by atoms with Gasteiger partial charge in [0.1, 0.15) is 0 Å². The van der Waals surface area contributed by atoms with Gasteiger partial charge >= 0.3 is 0 Å². The zero-order valence-corrected chi connectivity index (χ0v) is 11.1. The van der Waals surface area contributed by atoms with Gasteiger partial charge in [0.05, 0.1) is 12.6 Å². The van der Waals surface area contributed by atoms with E-state index in [0.29, 0.717) is 13.2 Å². The van der Waals surface area contributed by atoms with E-state index in [4.69, 9.17) is 4.74 Å². The molecule has 0 fully saturated rings. The molecule has 0 aromatic carbocycles. The SMILES string of the molecule is CNC(C)C(=O)N(C)CC(=O)NCCCOC. The fraction of sp³-hybridized carbons (Fsp3) is 0.818. The fourth-order valence-corrected chi connectivity index (χ4v) is 1.25. The van der Waals surface area contributed by atoms with Crippen LogP contribution in [0.5, 0.6) is 0 Å². The molecular weight excluding hydrogens is 222 g/mol. The number of likely N-dealkylation sites (N-methyl/N-ethyl adjacent to an activating group) is 2. The first kappa shape index (κ1) is 15.9. The number of ether oxygens (including phenoxy) is 1. The molecule has 2 amide bonds. The molecule has 17 heavy (non-hydrogen) atoms. The summed E-state index contributed by atoms with van der Waals surface area (Å²) in [6.45, 7) is 3.02. The van der Waals surface area contributed by atoms with Crippen molar-refractivity contribution in [3.8, 4) is 0 Å². The average Bonchev–Trinajstić information content (AvgIpc) is 2.32. The molecule has 0 rings (SSSR count). The molecule has 0 aliphatic carbocycles. The number of nitrogens with zero attached hydrogens (tertiary/aromatic N) is 1. The third-order valence-electron chi connectivity index (χ3n) is 2.41. The Morgan fingerprint density at radius 2 is 2.06 bits per heavy atom. The van der Waals surface area contributed by atoms with Gasteiger partial charge in [-0.15, -0.1) is 0 Å². The minimum atomic E-state index is -0.277. The Morgan fingerprint density at radius 1 is 1.41 bits per heavy atom. The van der Waals surface area contributed by atoms with E-state index < -0.39 is 0 Å². The summed E-state index contributed by atoms with van der Waals surface area (Å²) in [6.07, 6.45) is 0.771. The van der Waals surface area contributed by atoms with E-state index in [1.165, 1.54) is 4.90 Å². The van der Waals surface area contributed by atoms with E-state index in [2.05, 4.69) is 10.6 Å². The van der Waals surface area contributed by atoms with Crippen LogP contribution >= 0.6 is 0 Å². The van der Waals surface area contributed by atoms with Gasteiger partial charge in [-0.2, -0.15) is 0 Å². The Hall–Kier alpha value is -1.14. The lowest BCUT2D eigenvalue weighted by Crippen LogP contribution is -2.45. The van der Waals surface area contributed by atoms with Crippen molar-refractivity contribution in [3.05, 3.63) is 0 Å². The maximum atomic E-state index is 11.6. The predicted molar refractivity (Wildman–Crippen MR) is 65.7 cm³/mol. The van der Waals surface area contributed by atoms with Gasteiger partial charge in [0, 0.05) is 27.3 Å². The first-order valence-corrected chi connectivity index (χ1v) is 5.70. The van der Waals surface area contributed by atoms with E-state index in [0.717, 1.165) is 6.42 Å². The van der Waals surface area contributed by atoms with Crippen LogP contribution < -0.4 is 10.6 Å². The normalized spacial score (nSPS) is 12.0. The van der Waals surface area contributed by atoms with Gasteiger partial charge in [-0.05, 0) is 20.4 Å². The first-order chi connectivity index (χ1) is 8.02. The molecule has 0 heterocycles. The third kappa shape index (κ3) is 6.91. The van der Waals surface area contributed by atoms with E-state index in [1.54, 1.807) is 28.1 Å². The number of amides is 2. The van der Waals surface area contributed by atoms with Crippen molar-refractivity contribution in [1.82, 2.24) is 15.5 Å². The summed E-state index contributed by atoms with van der Waals surface area (Å²) >= 11 is 0. The van der Waals surface area contributed by atoms with Gasteiger partial charge in [0.15, 0.2) is 0 Å². The van der Waals surface area contributed by atoms with Crippen LogP contribution in [0.15, 0.2) is 0 Å². The van der Waals surface area contributed by atoms with Gasteiger partial charge in [0.2, 0.25) is 11.8 Å². The number of carbonyl (C=O) groups is 2. The van der Waals surface area contributed by atoms with Crippen molar-refractivity contribution in [1.29, 1.82) is 0 Å². The summed E-state index contributed by atoms with van der Waals surface area (Å²) < 4.78 is 4.86. The summed E-state index contributed by atoms with van der Waals surface area (Å²) in [5, 5.41) is 5.57. The molecular formula is C11H23N3O3. The summed E-state index contributed by atoms with van der Waals surface area (Å²) in [4.78, 5) is 24.5. The zero-order chi connectivity index (χ0) is 13.3. The highest BCUT2D eigenvalue weighted by Crippen LogP contribution is 1.91. The topological polar surface area (TPSA) is 70.7 Å². The Balaban J connectivity index is 3.83. The molecule has 0 saturated heterocycles. The Morgan fingerprint density at radius 3 is 2.59 bits per heavy atom. The van der Waals surface area contributed by atoms with Crippen molar-refractivity contribution >= 4 is 11.8 Å². The molecule has 0 radical (unpaired) electrons. The molecule has 6 nitrogen and oxygen atoms in total. The van der Waals surface area contributed by atoms with Crippen LogP contribution in [0.25, 0.3) is 0 Å². The number of rotatable bonds is 8. The largest absolute Gasteiger partial charge is 0.385 e. The zero-order valence-electron chi connectivity index (χ0n) is 11.1. The summed E-state index contributed by atoms with van der Waals surface area (Å²) in [7, 11) is 4.94. The van der Waals surface area contributed by atoms with Crippen molar-refractivity contribution in [2.24, 2.45) is 0 Å². The molecule has 0 aromatic heterocycles. The van der Waals surface area contributed by atoms with Crippen molar-refractivity contribution in [2.45, 2.75) is 19.4 Å². The molecule has 0 aliphatic rings. The van der Waals surface area contributed by atoms with Gasteiger partial charge < -0.3 is 20.3 Å². The molecule has 0 spiro atoms. The fourth-order valence-electron chi connectivity index (χ4n) is 1.25. The standard InChI is InChI=1S/C11H23N3O3/c1-9(12-2)11(16)14(3)8-10(15)13-6-5-7-17-4/h9,12H,5-8H2,1-4H3,(H,13,15). The second-order valence-electron chi connectivity index (χ2n) is 3.90. The second kappa shape index (κ2) is 8.95. The number of carbonyl (C=O) groups excluding carboxylic acids is 2. The van der Waals surface area contributed by atoms with Crippen LogP contribution in [-0.4, -0.2) is 63.7 Å². The van der Waals surface area contributed by atoms with E-state index in [9.17, 15) is 9.59 Å². The maximum absolute atomic E-state index is 11.6. The van der Waals surface area contributed by atoms with E-state index in [-0.39, 0.29) is 24.4 Å². The highest BCUT2D eigenvalue weighted by molar-refractivity contribution is 5.87. The van der Waals surface area contributed by atoms with Crippen LogP contribution in [-0.2, 0) is 14.3 Å². The molecule has 100 valence electrons. The summed E-state index contributed by atoms with van der Waals surface area (Å²) in [6, 6.07) is -0.277. The highest BCUT2D eigenvalue weighted by atomic mass is 16.5. The Kier molecular flexibility index (Phi) is 8.35. The summed E-state index contributed by atoms with van der Waals surface area (Å²) in [5.74, 6) is -0.250. The minimum Gasteiger partial charge on any atom is -0.385 e. The molecule has 1 atom stereocenters. The van der Waals surface area contributed by atoms with Gasteiger partial charge in [-0.1, -0.05) is 0 Å². The smallest absolute Gasteiger partial charge is 0.239 e. The molecule has 6 heteroatoms. The lowest BCUT2D eigenvalue weighted by Gasteiger charge is -2.20. The van der Waals surface area contributed by atoms with Crippen LogP contribution in [0, 0.1) is 0 Å². The number of methoxy groups -OCH3 is 1. The number of hydrogen-bond acceptors (Lipinski definition) is 4. The number of hydrogen-bond donors (Lipinski definition) is 2. The average molecular weight is 245 g/mol. The van der Waals surface area contributed by atoms with Crippen LogP contribution in [0.2, 0.25) is 0 Å². The predicted octanol–water partition coefficient (Wildman–Crippen LogP) is -0.795. The van der Waals surface area contributed by atoms with Crippen LogP contribution in [0.4, 0.5) is 0 Å². The number of nitrogens with one attached hydrogen (secondary N) is 2. The first-order valence-electron chi connectivity index (χ1n) is 5.70. The monoisotopic (exact) mass is 245 g/mol. The van der Waals surface area contributed by atoms with E-state index >= 15 is 0 Å². The molecule has 1 unspecified atom stereocenters. The molecule has 2 N–H and O–H groups in total. The highest BCUT2D eigenvalue weighted by Gasteiger charge is 2.17. The third-order valence-corrected chi connectivity index (χ3v) is 2.41. The second-order valence-corrected chi connectivity index (χ2v) is 3.90. The quantitative estimate of drug-likeness (QED) is 0.550. The molecule has 0 saturated carbocycles. The van der Waals surface area contributed by atoms with Gasteiger partial charge in [0.25, 0.3) is 0 Å². The van der Waals surface area contributed by atoms with E-state index in [1.807, 2.05) is 0 Å². The lowest BCUT2D eigenvalue weighted by molar-refractivity contribution is -0.135. The lowest BCUT2D eigenvalue weighted by atomic mass is 10.3. The molecule has 0 bridgehead atoms. The summed E-state index contributed by atoms with van der Waals surface area (Å²) in [5.41, 5.74) is 0. The minimum absolute atomic E-state index is 0.0812. The maximum Gasteiger partial charge on any atom is 0.239 e. The Labute approximate surface area is 103 Å². The van der Waals surface area contributed by atoms with Crippen molar-refractivity contribution in [3.63, 3.8) is 0 Å². The molecule has 0 aromatic rings. The van der Waals surface area contributed by atoms with Crippen molar-refractivity contribution in [2.75, 3.05) is 40.9 Å². The van der Waals surface area contributed by atoms with Gasteiger partial charge in [-0.3, -0.25) is 9.59 Å². The van der Waals surface area contributed by atoms with Crippen LogP contribution in [0.1, 0.15) is 13.3 Å². The molecule has 0 aliphatic heterocycles. The van der Waals surface area contributed by atoms with Crippen molar-refractivity contribution < 1.29 is 14.3 Å². The van der Waals surface area contributed by atoms with Crippen LogP contribution in [0.3, 0.4) is 0 Å². The Bertz CT molecular complexity index is 246. The van der Waals surface area contributed by atoms with Gasteiger partial charge in [-0.25, -0.2) is 0 Å².